The van der Waals surface area contributed by atoms with Gasteiger partial charge in [-0.25, -0.2) is 4.68 Å². The highest BCUT2D eigenvalue weighted by Gasteiger charge is 2.46. The van der Waals surface area contributed by atoms with Crippen molar-refractivity contribution in [1.29, 1.82) is 0 Å². The summed E-state index contributed by atoms with van der Waals surface area (Å²) >= 11 is 17.8. The van der Waals surface area contributed by atoms with Crippen LogP contribution in [0.4, 0.5) is 24.7 Å². The van der Waals surface area contributed by atoms with Gasteiger partial charge < -0.3 is 10.6 Å². The Morgan fingerprint density at radius 1 is 1.06 bits per heavy atom. The van der Waals surface area contributed by atoms with E-state index in [1.54, 1.807) is 30.3 Å². The number of rotatable bonds is 3. The first-order chi connectivity index (χ1) is 14.6. The Balaban J connectivity index is 1.65. The number of alkyl halides is 3. The Bertz CT molecular complexity index is 1130. The Morgan fingerprint density at radius 2 is 1.74 bits per heavy atom. The quantitative estimate of drug-likeness (QED) is 0.427. The molecule has 0 unspecified atom stereocenters. The van der Waals surface area contributed by atoms with E-state index >= 15 is 0 Å². The standard InChI is InChI=1S/C20H14Cl3F3N4O/c21-11-3-1-10(2-4-11)14-8-17(20(24,25)26)30-18(27-14)9-16(29-30)19(31)28-15-7-12(22)5-6-13(15)23/h1-7,9,14,17,27H,8H2,(H,28,31)/t14-,17+/m0/s1. The maximum absolute atomic E-state index is 13.8. The van der Waals surface area contributed by atoms with Gasteiger partial charge in [0.25, 0.3) is 5.91 Å². The van der Waals surface area contributed by atoms with Gasteiger partial charge in [-0.1, -0.05) is 46.9 Å². The maximum atomic E-state index is 13.8. The van der Waals surface area contributed by atoms with Crippen LogP contribution in [0.5, 0.6) is 0 Å². The van der Waals surface area contributed by atoms with Gasteiger partial charge in [0.05, 0.1) is 16.8 Å². The van der Waals surface area contributed by atoms with Gasteiger partial charge in [-0.05, 0) is 35.9 Å². The highest BCUT2D eigenvalue weighted by atomic mass is 35.5. The summed E-state index contributed by atoms with van der Waals surface area (Å²) in [6, 6.07) is 9.76. The number of benzene rings is 2. The second-order valence-electron chi connectivity index (χ2n) is 6.98. The predicted molar refractivity (Wildman–Crippen MR) is 114 cm³/mol. The third kappa shape index (κ3) is 4.61. The number of amides is 1. The molecule has 0 saturated carbocycles. The van der Waals surface area contributed by atoms with E-state index in [2.05, 4.69) is 15.7 Å². The smallest absolute Gasteiger partial charge is 0.363 e. The van der Waals surface area contributed by atoms with Crippen molar-refractivity contribution in [3.05, 3.63) is 74.9 Å². The molecule has 0 fully saturated rings. The van der Waals surface area contributed by atoms with Crippen LogP contribution in [0.2, 0.25) is 15.1 Å². The molecule has 0 spiro atoms. The van der Waals surface area contributed by atoms with Crippen LogP contribution in [0.15, 0.2) is 48.5 Å². The molecule has 1 aliphatic rings. The van der Waals surface area contributed by atoms with Gasteiger partial charge >= 0.3 is 6.18 Å². The Morgan fingerprint density at radius 3 is 2.42 bits per heavy atom. The molecule has 1 amide bonds. The van der Waals surface area contributed by atoms with Gasteiger partial charge in [0.1, 0.15) is 5.82 Å². The monoisotopic (exact) mass is 488 g/mol. The van der Waals surface area contributed by atoms with Crippen LogP contribution >= 0.6 is 34.8 Å². The molecule has 3 aromatic rings. The van der Waals surface area contributed by atoms with Gasteiger partial charge in [0.2, 0.25) is 0 Å². The summed E-state index contributed by atoms with van der Waals surface area (Å²) in [5.41, 5.74) is 0.678. The van der Waals surface area contributed by atoms with E-state index in [4.69, 9.17) is 34.8 Å². The van der Waals surface area contributed by atoms with Crippen molar-refractivity contribution in [3.8, 4) is 0 Å². The molecule has 2 aromatic carbocycles. The lowest BCUT2D eigenvalue weighted by atomic mass is 9.97. The van der Waals surface area contributed by atoms with Crippen molar-refractivity contribution in [2.45, 2.75) is 24.7 Å². The Labute approximate surface area is 190 Å². The lowest BCUT2D eigenvalue weighted by molar-refractivity contribution is -0.173. The molecule has 1 aliphatic heterocycles. The molecule has 2 atom stereocenters. The highest BCUT2D eigenvalue weighted by Crippen LogP contribution is 2.43. The topological polar surface area (TPSA) is 59.0 Å². The van der Waals surface area contributed by atoms with E-state index in [-0.39, 0.29) is 28.6 Å². The maximum Gasteiger partial charge on any atom is 0.410 e. The minimum absolute atomic E-state index is 0.0795. The van der Waals surface area contributed by atoms with Crippen LogP contribution in [0, 0.1) is 0 Å². The summed E-state index contributed by atoms with van der Waals surface area (Å²) in [6.07, 6.45) is -4.85. The fourth-order valence-electron chi connectivity index (χ4n) is 3.38. The highest BCUT2D eigenvalue weighted by molar-refractivity contribution is 6.35. The molecule has 11 heteroatoms. The lowest BCUT2D eigenvalue weighted by Crippen LogP contribution is -2.35. The summed E-state index contributed by atoms with van der Waals surface area (Å²) in [5.74, 6) is -0.632. The van der Waals surface area contributed by atoms with Gasteiger partial charge in [-0.3, -0.25) is 4.79 Å². The molecular formula is C20H14Cl3F3N4O. The zero-order chi connectivity index (χ0) is 22.3. The van der Waals surface area contributed by atoms with Gasteiger partial charge in [-0.15, -0.1) is 0 Å². The minimum atomic E-state index is -4.56. The van der Waals surface area contributed by atoms with Gasteiger partial charge in [-0.2, -0.15) is 18.3 Å². The number of carbonyl (C=O) groups is 1. The molecule has 5 nitrogen and oxygen atoms in total. The fraction of sp³-hybridized carbons (Fsp3) is 0.200. The number of hydrogen-bond donors (Lipinski definition) is 2. The van der Waals surface area contributed by atoms with Crippen LogP contribution in [-0.2, 0) is 0 Å². The number of halogens is 6. The number of fused-ring (bicyclic) bond motifs is 1. The summed E-state index contributed by atoms with van der Waals surface area (Å²) in [6.45, 7) is 0. The second kappa shape index (κ2) is 8.26. The number of nitrogens with one attached hydrogen (secondary N) is 2. The Kier molecular flexibility index (Phi) is 5.81. The van der Waals surface area contributed by atoms with Crippen molar-refractivity contribution in [3.63, 3.8) is 0 Å². The van der Waals surface area contributed by atoms with Crippen molar-refractivity contribution in [2.75, 3.05) is 10.6 Å². The molecule has 0 radical (unpaired) electrons. The second-order valence-corrected chi connectivity index (χ2v) is 8.26. The van der Waals surface area contributed by atoms with Crippen LogP contribution < -0.4 is 10.6 Å². The van der Waals surface area contributed by atoms with E-state index in [0.29, 0.717) is 15.6 Å². The van der Waals surface area contributed by atoms with Crippen molar-refractivity contribution >= 4 is 52.2 Å². The number of carbonyl (C=O) groups excluding carboxylic acids is 1. The molecular weight excluding hydrogens is 476 g/mol. The average molecular weight is 490 g/mol. The van der Waals surface area contributed by atoms with E-state index in [1.807, 2.05) is 0 Å². The zero-order valence-corrected chi connectivity index (χ0v) is 17.8. The predicted octanol–water partition coefficient (Wildman–Crippen LogP) is 6.76. The van der Waals surface area contributed by atoms with Crippen LogP contribution in [-0.4, -0.2) is 21.9 Å². The first-order valence-corrected chi connectivity index (χ1v) is 10.2. The molecule has 4 rings (SSSR count). The molecule has 0 saturated heterocycles. The number of nitrogens with zero attached hydrogens (tertiary/aromatic N) is 2. The molecule has 2 heterocycles. The number of anilines is 2. The first kappa shape index (κ1) is 21.8. The fourth-order valence-corrected chi connectivity index (χ4v) is 3.84. The Hall–Kier alpha value is -2.42. The lowest BCUT2D eigenvalue weighted by Gasteiger charge is -2.33. The van der Waals surface area contributed by atoms with E-state index < -0.39 is 24.2 Å². The molecule has 0 bridgehead atoms. The van der Waals surface area contributed by atoms with Crippen LogP contribution in [0.25, 0.3) is 0 Å². The molecule has 1 aromatic heterocycles. The SMILES string of the molecule is O=C(Nc1cc(Cl)ccc1Cl)c1cc2n(n1)[C@@H](C(F)(F)F)C[C@@H](c1ccc(Cl)cc1)N2. The molecule has 31 heavy (non-hydrogen) atoms. The average Bonchev–Trinajstić information content (AvgIpc) is 3.14. The van der Waals surface area contributed by atoms with Gasteiger partial charge in [0, 0.05) is 22.5 Å². The van der Waals surface area contributed by atoms with E-state index in [1.165, 1.54) is 18.2 Å². The summed E-state index contributed by atoms with van der Waals surface area (Å²) in [4.78, 5) is 12.6. The summed E-state index contributed by atoms with van der Waals surface area (Å²) in [5, 5.41) is 10.5. The largest absolute Gasteiger partial charge is 0.410 e. The van der Waals surface area contributed by atoms with Crippen molar-refractivity contribution in [1.82, 2.24) is 9.78 Å². The normalized spacial score (nSPS) is 18.3. The van der Waals surface area contributed by atoms with Crippen LogP contribution in [0.1, 0.15) is 34.6 Å². The molecule has 162 valence electrons. The zero-order valence-electron chi connectivity index (χ0n) is 15.6. The molecule has 0 aliphatic carbocycles. The van der Waals surface area contributed by atoms with E-state index in [0.717, 1.165) is 4.68 Å². The van der Waals surface area contributed by atoms with Gasteiger partial charge in [0.15, 0.2) is 11.7 Å². The number of hydrogen-bond acceptors (Lipinski definition) is 3. The van der Waals surface area contributed by atoms with Crippen molar-refractivity contribution in [2.24, 2.45) is 0 Å². The van der Waals surface area contributed by atoms with E-state index in [9.17, 15) is 18.0 Å². The third-order valence-electron chi connectivity index (χ3n) is 4.87. The molecule has 2 N–H and O–H groups in total. The third-order valence-corrected chi connectivity index (χ3v) is 5.69. The first-order valence-electron chi connectivity index (χ1n) is 9.06. The number of aromatic nitrogens is 2. The summed E-state index contributed by atoms with van der Waals surface area (Å²) in [7, 11) is 0. The van der Waals surface area contributed by atoms with Crippen molar-refractivity contribution < 1.29 is 18.0 Å². The summed E-state index contributed by atoms with van der Waals surface area (Å²) < 4.78 is 42.1. The van der Waals surface area contributed by atoms with Crippen LogP contribution in [0.3, 0.4) is 0 Å². The minimum Gasteiger partial charge on any atom is -0.363 e.